The Kier molecular flexibility index (Phi) is 5.83. The molecule has 0 aliphatic carbocycles. The van der Waals surface area contributed by atoms with Gasteiger partial charge >= 0.3 is 0 Å². The average Bonchev–Trinajstić information content (AvgIpc) is 2.63. The third-order valence-corrected chi connectivity index (χ3v) is 4.97. The first-order valence-corrected chi connectivity index (χ1v) is 9.16. The highest BCUT2D eigenvalue weighted by Crippen LogP contribution is 2.21. The van der Waals surface area contributed by atoms with E-state index in [1.807, 2.05) is 58.8 Å². The van der Waals surface area contributed by atoms with Crippen LogP contribution < -0.4 is 4.90 Å². The topological polar surface area (TPSA) is 23.6 Å². The summed E-state index contributed by atoms with van der Waals surface area (Å²) in [4.78, 5) is 17.6. The molecule has 0 radical (unpaired) electrons. The van der Waals surface area contributed by atoms with E-state index < -0.39 is 0 Å². The summed E-state index contributed by atoms with van der Waals surface area (Å²) >= 11 is 7.61. The van der Waals surface area contributed by atoms with Gasteiger partial charge in [-0.25, -0.2) is 0 Å². The summed E-state index contributed by atoms with van der Waals surface area (Å²) in [7, 11) is 0. The molecule has 1 aliphatic heterocycles. The van der Waals surface area contributed by atoms with Gasteiger partial charge in [0.15, 0.2) is 0 Å². The van der Waals surface area contributed by atoms with E-state index in [4.69, 9.17) is 11.6 Å². The van der Waals surface area contributed by atoms with Gasteiger partial charge in [-0.15, -0.1) is 0 Å². The highest BCUT2D eigenvalue weighted by molar-refractivity contribution is 8.02. The molecule has 0 spiro atoms. The Morgan fingerprint density at radius 2 is 1.75 bits per heavy atom. The molecule has 1 amide bonds. The SMILES string of the molecule is O=C(/C=C/Sc1ccccc1)N1CCN(c2cccc(Cl)c2)CC1. The van der Waals surface area contributed by atoms with Crippen molar-refractivity contribution >= 4 is 35.0 Å². The number of thioether (sulfide) groups is 1. The number of carbonyl (C=O) groups excluding carboxylic acids is 1. The quantitative estimate of drug-likeness (QED) is 0.601. The van der Waals surface area contributed by atoms with Crippen LogP contribution in [0.5, 0.6) is 0 Å². The number of anilines is 1. The highest BCUT2D eigenvalue weighted by atomic mass is 35.5. The zero-order valence-corrected chi connectivity index (χ0v) is 14.8. The minimum atomic E-state index is 0.0733. The van der Waals surface area contributed by atoms with E-state index in [1.54, 1.807) is 17.8 Å². The molecule has 1 fully saturated rings. The van der Waals surface area contributed by atoms with Gasteiger partial charge in [-0.2, -0.15) is 0 Å². The smallest absolute Gasteiger partial charge is 0.247 e. The minimum Gasteiger partial charge on any atom is -0.368 e. The van der Waals surface area contributed by atoms with Gasteiger partial charge in [0.2, 0.25) is 5.91 Å². The number of halogens is 1. The van der Waals surface area contributed by atoms with Crippen LogP contribution >= 0.6 is 23.4 Å². The van der Waals surface area contributed by atoms with Crippen LogP contribution in [0, 0.1) is 0 Å². The maximum atomic E-state index is 12.3. The fourth-order valence-corrected chi connectivity index (χ4v) is 3.47. The molecule has 24 heavy (non-hydrogen) atoms. The maximum Gasteiger partial charge on any atom is 0.247 e. The van der Waals surface area contributed by atoms with Crippen molar-refractivity contribution in [2.24, 2.45) is 0 Å². The van der Waals surface area contributed by atoms with Gasteiger partial charge in [0.05, 0.1) is 0 Å². The van der Waals surface area contributed by atoms with Crippen molar-refractivity contribution in [1.29, 1.82) is 0 Å². The van der Waals surface area contributed by atoms with Crippen LogP contribution in [0.2, 0.25) is 5.02 Å². The predicted octanol–water partition coefficient (Wildman–Crippen LogP) is 4.29. The van der Waals surface area contributed by atoms with Crippen molar-refractivity contribution in [2.45, 2.75) is 4.90 Å². The van der Waals surface area contributed by atoms with Gasteiger partial charge in [0, 0.05) is 47.9 Å². The third-order valence-electron chi connectivity index (χ3n) is 3.92. The first kappa shape index (κ1) is 16.9. The lowest BCUT2D eigenvalue weighted by atomic mass is 10.2. The number of hydrogen-bond donors (Lipinski definition) is 0. The molecule has 3 rings (SSSR count). The zero-order valence-electron chi connectivity index (χ0n) is 13.3. The van der Waals surface area contributed by atoms with E-state index in [1.165, 1.54) is 0 Å². The predicted molar refractivity (Wildman–Crippen MR) is 102 cm³/mol. The summed E-state index contributed by atoms with van der Waals surface area (Å²) in [6.45, 7) is 3.11. The molecule has 2 aromatic carbocycles. The molecule has 1 saturated heterocycles. The van der Waals surface area contributed by atoms with E-state index in [-0.39, 0.29) is 5.91 Å². The second kappa shape index (κ2) is 8.27. The molecule has 0 unspecified atom stereocenters. The number of carbonyl (C=O) groups is 1. The van der Waals surface area contributed by atoms with E-state index in [2.05, 4.69) is 11.0 Å². The van der Waals surface area contributed by atoms with Crippen LogP contribution in [-0.2, 0) is 4.79 Å². The fraction of sp³-hybridized carbons (Fsp3) is 0.211. The van der Waals surface area contributed by atoms with Crippen LogP contribution in [0.25, 0.3) is 0 Å². The Morgan fingerprint density at radius 3 is 2.46 bits per heavy atom. The summed E-state index contributed by atoms with van der Waals surface area (Å²) in [5, 5.41) is 2.60. The minimum absolute atomic E-state index is 0.0733. The highest BCUT2D eigenvalue weighted by Gasteiger charge is 2.19. The summed E-state index contributed by atoms with van der Waals surface area (Å²) in [6, 6.07) is 17.9. The van der Waals surface area contributed by atoms with Crippen molar-refractivity contribution in [3.05, 3.63) is 71.1 Å². The molecule has 0 atom stereocenters. The lowest BCUT2D eigenvalue weighted by Gasteiger charge is -2.35. The standard InChI is InChI=1S/C19H19ClN2OS/c20-16-5-4-6-17(15-16)21-10-12-22(13-11-21)19(23)9-14-24-18-7-2-1-3-8-18/h1-9,14-15H,10-13H2/b14-9+. The van der Waals surface area contributed by atoms with Gasteiger partial charge in [0.25, 0.3) is 0 Å². The molecule has 5 heteroatoms. The summed E-state index contributed by atoms with van der Waals surface area (Å²) in [5.41, 5.74) is 1.12. The van der Waals surface area contributed by atoms with Crippen LogP contribution in [0.1, 0.15) is 0 Å². The molecular weight excluding hydrogens is 340 g/mol. The van der Waals surface area contributed by atoms with Gasteiger partial charge in [-0.05, 0) is 35.7 Å². The summed E-state index contributed by atoms with van der Waals surface area (Å²) in [6.07, 6.45) is 1.66. The number of hydrogen-bond acceptors (Lipinski definition) is 3. The number of benzene rings is 2. The largest absolute Gasteiger partial charge is 0.368 e. The summed E-state index contributed by atoms with van der Waals surface area (Å²) < 4.78 is 0. The van der Waals surface area contributed by atoms with Crippen LogP contribution in [0.3, 0.4) is 0 Å². The van der Waals surface area contributed by atoms with Crippen molar-refractivity contribution < 1.29 is 4.79 Å². The monoisotopic (exact) mass is 358 g/mol. The van der Waals surface area contributed by atoms with Gasteiger partial charge in [0.1, 0.15) is 0 Å². The van der Waals surface area contributed by atoms with Gasteiger partial charge in [-0.3, -0.25) is 4.79 Å². The first-order chi connectivity index (χ1) is 11.7. The summed E-state index contributed by atoms with van der Waals surface area (Å²) in [5.74, 6) is 0.0733. The van der Waals surface area contributed by atoms with Crippen LogP contribution in [0.4, 0.5) is 5.69 Å². The van der Waals surface area contributed by atoms with Gasteiger partial charge < -0.3 is 9.80 Å². The molecule has 0 N–H and O–H groups in total. The van der Waals surface area contributed by atoms with Crippen LogP contribution in [0.15, 0.2) is 71.0 Å². The van der Waals surface area contributed by atoms with E-state index in [0.717, 1.165) is 41.8 Å². The molecular formula is C19H19ClN2OS. The van der Waals surface area contributed by atoms with E-state index >= 15 is 0 Å². The third kappa shape index (κ3) is 4.56. The fourth-order valence-electron chi connectivity index (χ4n) is 2.63. The number of amides is 1. The number of nitrogens with zero attached hydrogens (tertiary/aromatic N) is 2. The second-order valence-corrected chi connectivity index (χ2v) is 6.94. The molecule has 1 heterocycles. The molecule has 0 bridgehead atoms. The molecule has 0 aromatic heterocycles. The second-order valence-electron chi connectivity index (χ2n) is 5.53. The Hall–Kier alpha value is -1.91. The Labute approximate surface area is 151 Å². The Morgan fingerprint density at radius 1 is 1.00 bits per heavy atom. The molecule has 1 aliphatic rings. The lowest BCUT2D eigenvalue weighted by Crippen LogP contribution is -2.48. The maximum absolute atomic E-state index is 12.3. The van der Waals surface area contributed by atoms with Crippen molar-refractivity contribution in [3.8, 4) is 0 Å². The van der Waals surface area contributed by atoms with Gasteiger partial charge in [-0.1, -0.05) is 47.6 Å². The molecule has 0 saturated carbocycles. The normalized spacial score (nSPS) is 15.0. The van der Waals surface area contributed by atoms with Crippen LogP contribution in [-0.4, -0.2) is 37.0 Å². The van der Waals surface area contributed by atoms with Crippen molar-refractivity contribution in [3.63, 3.8) is 0 Å². The zero-order chi connectivity index (χ0) is 16.8. The Bertz CT molecular complexity index is 712. The van der Waals surface area contributed by atoms with Crippen molar-refractivity contribution in [2.75, 3.05) is 31.1 Å². The number of rotatable bonds is 4. The molecule has 124 valence electrons. The first-order valence-electron chi connectivity index (χ1n) is 7.90. The lowest BCUT2D eigenvalue weighted by molar-refractivity contribution is -0.126. The molecule has 2 aromatic rings. The van der Waals surface area contributed by atoms with E-state index in [0.29, 0.717) is 0 Å². The average molecular weight is 359 g/mol. The van der Waals surface area contributed by atoms with Crippen molar-refractivity contribution in [1.82, 2.24) is 4.90 Å². The Balaban J connectivity index is 1.50. The number of piperazine rings is 1. The molecule has 3 nitrogen and oxygen atoms in total. The van der Waals surface area contributed by atoms with E-state index in [9.17, 15) is 4.79 Å².